The molecule has 0 fully saturated rings. The molecular weight excluding hydrogens is 264 g/mol. The molecule has 0 unspecified atom stereocenters. The zero-order valence-corrected chi connectivity index (χ0v) is 11.7. The van der Waals surface area contributed by atoms with E-state index in [-0.39, 0.29) is 5.97 Å². The minimum Gasteiger partial charge on any atom is -0.465 e. The molecule has 19 heavy (non-hydrogen) atoms. The van der Waals surface area contributed by atoms with Gasteiger partial charge in [0, 0.05) is 6.20 Å². The summed E-state index contributed by atoms with van der Waals surface area (Å²) in [5.41, 5.74) is 2.36. The largest absolute Gasteiger partial charge is 0.465 e. The summed E-state index contributed by atoms with van der Waals surface area (Å²) in [5.74, 6) is -0.363. The highest BCUT2D eigenvalue weighted by Gasteiger charge is 2.15. The summed E-state index contributed by atoms with van der Waals surface area (Å²) in [4.78, 5) is 24.6. The maximum atomic E-state index is 11.5. The van der Waals surface area contributed by atoms with Gasteiger partial charge >= 0.3 is 5.97 Å². The van der Waals surface area contributed by atoms with Gasteiger partial charge < -0.3 is 10.1 Å². The molecule has 0 bridgehead atoms. The molecule has 7 heteroatoms. The number of hydrogen-bond acceptors (Lipinski definition) is 7. The van der Waals surface area contributed by atoms with Crippen LogP contribution in [0.1, 0.15) is 26.8 Å². The van der Waals surface area contributed by atoms with E-state index in [1.807, 2.05) is 6.92 Å². The van der Waals surface area contributed by atoms with Crippen molar-refractivity contribution in [2.24, 2.45) is 0 Å². The summed E-state index contributed by atoms with van der Waals surface area (Å²) in [6.07, 6.45) is 3.42. The van der Waals surface area contributed by atoms with Crippen LogP contribution in [0.4, 0.5) is 5.13 Å². The van der Waals surface area contributed by atoms with Crippen molar-refractivity contribution in [1.29, 1.82) is 0 Å². The Morgan fingerprint density at radius 1 is 1.37 bits per heavy atom. The molecule has 1 N–H and O–H groups in total. The van der Waals surface area contributed by atoms with E-state index in [1.54, 1.807) is 19.3 Å². The first-order valence-electron chi connectivity index (χ1n) is 5.67. The minimum absolute atomic E-state index is 0.363. The van der Waals surface area contributed by atoms with E-state index in [0.717, 1.165) is 11.4 Å². The third-order valence-electron chi connectivity index (χ3n) is 2.42. The Balaban J connectivity index is 2.04. The average Bonchev–Trinajstić information content (AvgIpc) is 2.78. The fraction of sp³-hybridized carbons (Fsp3) is 0.333. The van der Waals surface area contributed by atoms with Gasteiger partial charge in [0.2, 0.25) is 0 Å². The molecule has 0 radical (unpaired) electrons. The summed E-state index contributed by atoms with van der Waals surface area (Å²) < 4.78 is 4.69. The molecular formula is C12H14N4O2S. The Morgan fingerprint density at radius 2 is 2.16 bits per heavy atom. The summed E-state index contributed by atoms with van der Waals surface area (Å²) in [7, 11) is 1.36. The van der Waals surface area contributed by atoms with E-state index in [4.69, 9.17) is 0 Å². The predicted octanol–water partition coefficient (Wildman–Crippen LogP) is 1.95. The molecule has 0 aromatic carbocycles. The molecule has 0 aliphatic heterocycles. The second kappa shape index (κ2) is 5.75. The van der Waals surface area contributed by atoms with E-state index in [9.17, 15) is 4.79 Å². The number of aromatic nitrogens is 3. The molecule has 0 aliphatic rings. The van der Waals surface area contributed by atoms with Crippen molar-refractivity contribution in [3.05, 3.63) is 34.4 Å². The SMILES string of the molecule is COC(=O)c1sc(NCc2cnc(C)cn2)nc1C. The Bertz CT molecular complexity index is 580. The normalized spacial score (nSPS) is 10.3. The van der Waals surface area contributed by atoms with Crippen molar-refractivity contribution in [2.75, 3.05) is 12.4 Å². The number of thiazole rings is 1. The average molecular weight is 278 g/mol. The molecule has 2 rings (SSSR count). The van der Waals surface area contributed by atoms with Crippen molar-refractivity contribution >= 4 is 22.4 Å². The number of rotatable bonds is 4. The first-order valence-corrected chi connectivity index (χ1v) is 6.49. The van der Waals surface area contributed by atoms with Crippen LogP contribution in [0.25, 0.3) is 0 Å². The van der Waals surface area contributed by atoms with Crippen LogP contribution in [0, 0.1) is 13.8 Å². The van der Waals surface area contributed by atoms with Crippen molar-refractivity contribution in [3.63, 3.8) is 0 Å². The standard InChI is InChI=1S/C12H14N4O2S/c1-7-4-14-9(5-13-7)6-15-12-16-8(2)10(19-12)11(17)18-3/h4-5H,6H2,1-3H3,(H,15,16). The number of carbonyl (C=O) groups excluding carboxylic acids is 1. The predicted molar refractivity (Wildman–Crippen MR) is 72.3 cm³/mol. The number of nitrogens with one attached hydrogen (secondary N) is 1. The van der Waals surface area contributed by atoms with Crippen LogP contribution in [-0.4, -0.2) is 28.0 Å². The van der Waals surface area contributed by atoms with Gasteiger partial charge in [-0.2, -0.15) is 0 Å². The summed E-state index contributed by atoms with van der Waals surface area (Å²) in [6, 6.07) is 0. The van der Waals surface area contributed by atoms with Gasteiger partial charge in [0.25, 0.3) is 0 Å². The van der Waals surface area contributed by atoms with E-state index in [0.29, 0.717) is 22.2 Å². The van der Waals surface area contributed by atoms with Gasteiger partial charge in [0.05, 0.1) is 36.9 Å². The quantitative estimate of drug-likeness (QED) is 0.861. The first-order chi connectivity index (χ1) is 9.10. The van der Waals surface area contributed by atoms with E-state index >= 15 is 0 Å². The number of hydrogen-bond donors (Lipinski definition) is 1. The molecule has 0 amide bonds. The van der Waals surface area contributed by atoms with Gasteiger partial charge in [0.1, 0.15) is 4.88 Å². The number of nitrogens with zero attached hydrogens (tertiary/aromatic N) is 3. The van der Waals surface area contributed by atoms with Gasteiger partial charge in [-0.05, 0) is 13.8 Å². The second-order valence-electron chi connectivity index (χ2n) is 3.93. The zero-order chi connectivity index (χ0) is 13.8. The lowest BCUT2D eigenvalue weighted by molar-refractivity contribution is 0.0605. The number of esters is 1. The fourth-order valence-corrected chi connectivity index (χ4v) is 2.31. The molecule has 6 nitrogen and oxygen atoms in total. The van der Waals surface area contributed by atoms with Gasteiger partial charge in [-0.25, -0.2) is 9.78 Å². The highest BCUT2D eigenvalue weighted by molar-refractivity contribution is 7.17. The summed E-state index contributed by atoms with van der Waals surface area (Å²) >= 11 is 1.27. The van der Waals surface area contributed by atoms with Gasteiger partial charge in [-0.1, -0.05) is 11.3 Å². The second-order valence-corrected chi connectivity index (χ2v) is 4.93. The topological polar surface area (TPSA) is 77.0 Å². The lowest BCUT2D eigenvalue weighted by Gasteiger charge is -2.01. The monoisotopic (exact) mass is 278 g/mol. The highest BCUT2D eigenvalue weighted by atomic mass is 32.1. The first kappa shape index (κ1) is 13.4. The minimum atomic E-state index is -0.363. The third kappa shape index (κ3) is 3.25. The van der Waals surface area contributed by atoms with Crippen LogP contribution in [0.5, 0.6) is 0 Å². The molecule has 0 spiro atoms. The smallest absolute Gasteiger partial charge is 0.350 e. The number of aryl methyl sites for hydroxylation is 2. The van der Waals surface area contributed by atoms with E-state index in [2.05, 4.69) is 25.0 Å². The van der Waals surface area contributed by atoms with E-state index < -0.39 is 0 Å². The maximum absolute atomic E-state index is 11.5. The lowest BCUT2D eigenvalue weighted by Crippen LogP contribution is -2.02. The number of carbonyl (C=O) groups is 1. The third-order valence-corrected chi connectivity index (χ3v) is 3.52. The molecule has 2 heterocycles. The Hall–Kier alpha value is -2.02. The number of methoxy groups -OCH3 is 1. The summed E-state index contributed by atoms with van der Waals surface area (Å²) in [6.45, 7) is 4.18. The molecule has 0 atom stereocenters. The fourth-order valence-electron chi connectivity index (χ4n) is 1.43. The molecule has 0 saturated heterocycles. The highest BCUT2D eigenvalue weighted by Crippen LogP contribution is 2.23. The van der Waals surface area contributed by atoms with Crippen LogP contribution in [0.15, 0.2) is 12.4 Å². The molecule has 0 aliphatic carbocycles. The van der Waals surface area contributed by atoms with Crippen molar-refractivity contribution in [1.82, 2.24) is 15.0 Å². The molecule has 0 saturated carbocycles. The Labute approximate surface area is 114 Å². The molecule has 2 aromatic heterocycles. The van der Waals surface area contributed by atoms with Crippen LogP contribution in [0.3, 0.4) is 0 Å². The Morgan fingerprint density at radius 3 is 2.79 bits per heavy atom. The van der Waals surface area contributed by atoms with Crippen molar-refractivity contribution in [2.45, 2.75) is 20.4 Å². The van der Waals surface area contributed by atoms with Crippen LogP contribution in [0.2, 0.25) is 0 Å². The van der Waals surface area contributed by atoms with Crippen LogP contribution in [-0.2, 0) is 11.3 Å². The van der Waals surface area contributed by atoms with Gasteiger partial charge in [-0.3, -0.25) is 9.97 Å². The van der Waals surface area contributed by atoms with E-state index in [1.165, 1.54) is 18.4 Å². The maximum Gasteiger partial charge on any atom is 0.350 e. The molecule has 100 valence electrons. The Kier molecular flexibility index (Phi) is 4.06. The van der Waals surface area contributed by atoms with Gasteiger partial charge in [0.15, 0.2) is 5.13 Å². The molecule has 2 aromatic rings. The van der Waals surface area contributed by atoms with Crippen LogP contribution < -0.4 is 5.32 Å². The van der Waals surface area contributed by atoms with Gasteiger partial charge in [-0.15, -0.1) is 0 Å². The van der Waals surface area contributed by atoms with Crippen LogP contribution >= 0.6 is 11.3 Å². The number of anilines is 1. The van der Waals surface area contributed by atoms with Crippen molar-refractivity contribution in [3.8, 4) is 0 Å². The lowest BCUT2D eigenvalue weighted by atomic mass is 10.4. The zero-order valence-electron chi connectivity index (χ0n) is 10.9. The van der Waals surface area contributed by atoms with Crippen molar-refractivity contribution < 1.29 is 9.53 Å². The summed E-state index contributed by atoms with van der Waals surface area (Å²) in [5, 5.41) is 3.78. The number of ether oxygens (including phenoxy) is 1.